The second-order valence-electron chi connectivity index (χ2n) is 3.22. The fraction of sp³-hybridized carbons (Fsp3) is 0.300. The molecule has 0 atom stereocenters. The van der Waals surface area contributed by atoms with Gasteiger partial charge < -0.3 is 15.6 Å². The zero-order valence-corrected chi connectivity index (χ0v) is 9.70. The zero-order valence-electron chi connectivity index (χ0n) is 8.88. The third-order valence-corrected chi connectivity index (χ3v) is 3.12. The van der Waals surface area contributed by atoms with Crippen molar-refractivity contribution < 1.29 is 9.84 Å². The number of ether oxygens (including phenoxy) is 1. The van der Waals surface area contributed by atoms with Gasteiger partial charge in [0, 0.05) is 6.07 Å². The summed E-state index contributed by atoms with van der Waals surface area (Å²) in [5.74, 6) is 1.33. The fourth-order valence-electron chi connectivity index (χ4n) is 1.46. The monoisotopic (exact) mass is 239 g/mol. The van der Waals surface area contributed by atoms with E-state index in [4.69, 9.17) is 15.6 Å². The molecular formula is C10H13N3O2S. The minimum atomic E-state index is 0.0207. The summed E-state index contributed by atoms with van der Waals surface area (Å²) in [5.41, 5.74) is 6.55. The first-order valence-corrected chi connectivity index (χ1v) is 5.70. The zero-order chi connectivity index (χ0) is 11.5. The smallest absolute Gasteiger partial charge is 0.139 e. The van der Waals surface area contributed by atoms with Crippen LogP contribution in [0.2, 0.25) is 0 Å². The molecule has 0 amide bonds. The number of hydrogen-bond acceptors (Lipinski definition) is 5. The van der Waals surface area contributed by atoms with Gasteiger partial charge in [-0.25, -0.2) is 4.68 Å². The summed E-state index contributed by atoms with van der Waals surface area (Å²) in [5, 5.41) is 15.1. The lowest BCUT2D eigenvalue weighted by Crippen LogP contribution is -2.07. The lowest BCUT2D eigenvalue weighted by Gasteiger charge is -1.99. The predicted molar refractivity (Wildman–Crippen MR) is 63.6 cm³/mol. The molecule has 0 spiro atoms. The molecule has 3 N–H and O–H groups in total. The molecule has 0 radical (unpaired) electrons. The molecule has 0 unspecified atom stereocenters. The molecule has 0 aliphatic carbocycles. The first-order valence-electron chi connectivity index (χ1n) is 4.82. The van der Waals surface area contributed by atoms with Crippen molar-refractivity contribution in [2.24, 2.45) is 0 Å². The van der Waals surface area contributed by atoms with Crippen molar-refractivity contribution in [1.29, 1.82) is 0 Å². The van der Waals surface area contributed by atoms with Crippen LogP contribution in [0.1, 0.15) is 0 Å². The van der Waals surface area contributed by atoms with E-state index in [1.54, 1.807) is 29.2 Å². The highest BCUT2D eigenvalue weighted by Crippen LogP contribution is 2.35. The van der Waals surface area contributed by atoms with Gasteiger partial charge >= 0.3 is 0 Å². The van der Waals surface area contributed by atoms with Crippen molar-refractivity contribution in [3.63, 3.8) is 0 Å². The second kappa shape index (κ2) is 4.54. The lowest BCUT2D eigenvalue weighted by molar-refractivity contribution is 0.270. The highest BCUT2D eigenvalue weighted by atomic mass is 32.1. The predicted octanol–water partition coefficient (Wildman–Crippen LogP) is 1.19. The van der Waals surface area contributed by atoms with Crippen LogP contribution in [0.3, 0.4) is 0 Å². The standard InChI is InChI=1S/C10H13N3O2S/c1-15-8-2-5-16-10(8)7-6-9(11)13(12-7)3-4-14/h2,5-6,14H,3-4,11H2,1H3. The molecule has 0 aliphatic heterocycles. The van der Waals surface area contributed by atoms with Gasteiger partial charge in [-0.15, -0.1) is 11.3 Å². The number of hydrogen-bond donors (Lipinski definition) is 2. The molecule has 16 heavy (non-hydrogen) atoms. The van der Waals surface area contributed by atoms with E-state index in [1.165, 1.54) is 0 Å². The Balaban J connectivity index is 2.37. The van der Waals surface area contributed by atoms with E-state index in [2.05, 4.69) is 5.10 Å². The number of thiophene rings is 1. The van der Waals surface area contributed by atoms with Crippen molar-refractivity contribution in [3.8, 4) is 16.3 Å². The third kappa shape index (κ3) is 1.89. The van der Waals surface area contributed by atoms with Crippen LogP contribution in [0.15, 0.2) is 17.5 Å². The van der Waals surface area contributed by atoms with Crippen molar-refractivity contribution in [2.75, 3.05) is 19.5 Å². The van der Waals surface area contributed by atoms with E-state index in [0.29, 0.717) is 12.4 Å². The molecule has 0 aliphatic rings. The maximum Gasteiger partial charge on any atom is 0.139 e. The van der Waals surface area contributed by atoms with Crippen LogP contribution in [0, 0.1) is 0 Å². The van der Waals surface area contributed by atoms with Gasteiger partial charge in [-0.05, 0) is 11.4 Å². The Morgan fingerprint density at radius 3 is 3.12 bits per heavy atom. The Labute approximate surface area is 97.1 Å². The van der Waals surface area contributed by atoms with E-state index >= 15 is 0 Å². The summed E-state index contributed by atoms with van der Waals surface area (Å²) in [7, 11) is 1.62. The molecule has 2 aromatic rings. The quantitative estimate of drug-likeness (QED) is 0.840. The van der Waals surface area contributed by atoms with Gasteiger partial charge in [0.05, 0.1) is 25.1 Å². The van der Waals surface area contributed by atoms with Crippen molar-refractivity contribution in [1.82, 2.24) is 9.78 Å². The Hall–Kier alpha value is -1.53. The van der Waals surface area contributed by atoms with Gasteiger partial charge in [0.25, 0.3) is 0 Å². The number of nitrogen functional groups attached to an aromatic ring is 1. The fourth-order valence-corrected chi connectivity index (χ4v) is 2.28. The maximum atomic E-state index is 8.85. The third-order valence-electron chi connectivity index (χ3n) is 2.20. The van der Waals surface area contributed by atoms with E-state index < -0.39 is 0 Å². The van der Waals surface area contributed by atoms with Gasteiger partial charge in [-0.2, -0.15) is 5.10 Å². The average molecular weight is 239 g/mol. The minimum absolute atomic E-state index is 0.0207. The van der Waals surface area contributed by atoms with Crippen LogP contribution >= 0.6 is 11.3 Å². The Morgan fingerprint density at radius 1 is 1.62 bits per heavy atom. The summed E-state index contributed by atoms with van der Waals surface area (Å²) in [6.45, 7) is 0.423. The summed E-state index contributed by atoms with van der Waals surface area (Å²) in [6.07, 6.45) is 0. The number of aliphatic hydroxyl groups excluding tert-OH is 1. The molecule has 86 valence electrons. The topological polar surface area (TPSA) is 73.3 Å². The van der Waals surface area contributed by atoms with Gasteiger partial charge in [0.1, 0.15) is 17.3 Å². The summed E-state index contributed by atoms with van der Waals surface area (Å²) in [6, 6.07) is 3.67. The van der Waals surface area contributed by atoms with Crippen LogP contribution in [-0.2, 0) is 6.54 Å². The van der Waals surface area contributed by atoms with Crippen LogP contribution in [0.4, 0.5) is 5.82 Å². The molecule has 0 saturated heterocycles. The Kier molecular flexibility index (Phi) is 3.12. The van der Waals surface area contributed by atoms with Crippen LogP contribution in [0.5, 0.6) is 5.75 Å². The molecule has 0 aromatic carbocycles. The Morgan fingerprint density at radius 2 is 2.44 bits per heavy atom. The SMILES string of the molecule is COc1ccsc1-c1cc(N)n(CCO)n1. The average Bonchev–Trinajstić information content (AvgIpc) is 2.86. The van der Waals surface area contributed by atoms with Gasteiger partial charge in [0.2, 0.25) is 0 Å². The van der Waals surface area contributed by atoms with Crippen molar-refractivity contribution in [3.05, 3.63) is 17.5 Å². The molecule has 0 saturated carbocycles. The highest BCUT2D eigenvalue weighted by molar-refractivity contribution is 7.14. The molecular weight excluding hydrogens is 226 g/mol. The molecule has 0 fully saturated rings. The van der Waals surface area contributed by atoms with E-state index in [0.717, 1.165) is 16.3 Å². The first-order chi connectivity index (χ1) is 7.76. The number of methoxy groups -OCH3 is 1. The van der Waals surface area contributed by atoms with Gasteiger partial charge in [0.15, 0.2) is 0 Å². The van der Waals surface area contributed by atoms with Gasteiger partial charge in [-0.3, -0.25) is 0 Å². The minimum Gasteiger partial charge on any atom is -0.495 e. The number of nitrogens with zero attached hydrogens (tertiary/aromatic N) is 2. The number of aromatic nitrogens is 2. The van der Waals surface area contributed by atoms with E-state index in [9.17, 15) is 0 Å². The number of rotatable bonds is 4. The number of aliphatic hydroxyl groups is 1. The molecule has 2 aromatic heterocycles. The molecule has 2 heterocycles. The maximum absolute atomic E-state index is 8.85. The lowest BCUT2D eigenvalue weighted by atomic mass is 10.3. The molecule has 6 heteroatoms. The van der Waals surface area contributed by atoms with E-state index in [1.807, 2.05) is 11.4 Å². The second-order valence-corrected chi connectivity index (χ2v) is 4.14. The van der Waals surface area contributed by atoms with Crippen LogP contribution in [0.25, 0.3) is 10.6 Å². The number of anilines is 1. The van der Waals surface area contributed by atoms with E-state index in [-0.39, 0.29) is 6.61 Å². The van der Waals surface area contributed by atoms with Crippen molar-refractivity contribution >= 4 is 17.2 Å². The Bertz CT molecular complexity index is 478. The van der Waals surface area contributed by atoms with Crippen LogP contribution in [-0.4, -0.2) is 28.6 Å². The first kappa shape index (κ1) is 11.0. The number of nitrogens with two attached hydrogens (primary N) is 1. The van der Waals surface area contributed by atoms with Crippen LogP contribution < -0.4 is 10.5 Å². The van der Waals surface area contributed by atoms with Crippen molar-refractivity contribution in [2.45, 2.75) is 6.54 Å². The molecule has 0 bridgehead atoms. The normalized spacial score (nSPS) is 10.6. The summed E-state index contributed by atoms with van der Waals surface area (Å²) < 4.78 is 6.80. The van der Waals surface area contributed by atoms with Gasteiger partial charge in [-0.1, -0.05) is 0 Å². The molecule has 2 rings (SSSR count). The summed E-state index contributed by atoms with van der Waals surface area (Å²) >= 11 is 1.55. The largest absolute Gasteiger partial charge is 0.495 e. The summed E-state index contributed by atoms with van der Waals surface area (Å²) in [4.78, 5) is 0.950. The molecule has 5 nitrogen and oxygen atoms in total. The highest BCUT2D eigenvalue weighted by Gasteiger charge is 2.12.